The summed E-state index contributed by atoms with van der Waals surface area (Å²) in [5.74, 6) is -1.53. The molecular weight excluding hydrogens is 260 g/mol. The van der Waals surface area contributed by atoms with Crippen molar-refractivity contribution in [3.63, 3.8) is 0 Å². The van der Waals surface area contributed by atoms with Crippen molar-refractivity contribution in [3.05, 3.63) is 35.5 Å². The lowest BCUT2D eigenvalue weighted by molar-refractivity contribution is -0.125. The van der Waals surface area contributed by atoms with Crippen LogP contribution in [0.15, 0.2) is 24.4 Å². The minimum absolute atomic E-state index is 0.133. The molecule has 1 unspecified atom stereocenters. The fraction of sp³-hybridized carbons (Fsp3) is 0.214. The number of amides is 2. The van der Waals surface area contributed by atoms with Crippen LogP contribution in [0.4, 0.5) is 0 Å². The van der Waals surface area contributed by atoms with Crippen LogP contribution >= 0.6 is 0 Å². The fourth-order valence-electron chi connectivity index (χ4n) is 2.48. The molecule has 1 aromatic carbocycles. The Labute approximate surface area is 114 Å². The van der Waals surface area contributed by atoms with E-state index in [9.17, 15) is 14.4 Å². The quantitative estimate of drug-likeness (QED) is 0.632. The van der Waals surface area contributed by atoms with Crippen molar-refractivity contribution in [2.45, 2.75) is 12.3 Å². The van der Waals surface area contributed by atoms with Gasteiger partial charge in [0.15, 0.2) is 0 Å². The highest BCUT2D eigenvalue weighted by Crippen LogP contribution is 2.31. The van der Waals surface area contributed by atoms with Crippen LogP contribution < -0.4 is 5.32 Å². The van der Waals surface area contributed by atoms with Gasteiger partial charge in [0.25, 0.3) is 0 Å². The Bertz CT molecular complexity index is 732. The summed E-state index contributed by atoms with van der Waals surface area (Å²) in [5, 5.41) is 3.04. The molecule has 2 N–H and O–H groups in total. The zero-order valence-corrected chi connectivity index (χ0v) is 10.7. The number of imide groups is 1. The van der Waals surface area contributed by atoms with Crippen molar-refractivity contribution in [2.75, 3.05) is 7.11 Å². The number of ether oxygens (including phenoxy) is 1. The number of carbonyl (C=O) groups is 3. The maximum Gasteiger partial charge on any atom is 0.337 e. The molecule has 0 spiro atoms. The van der Waals surface area contributed by atoms with Crippen molar-refractivity contribution >= 4 is 28.7 Å². The molecule has 1 atom stereocenters. The van der Waals surface area contributed by atoms with Gasteiger partial charge in [0.1, 0.15) is 0 Å². The molecule has 3 rings (SSSR count). The smallest absolute Gasteiger partial charge is 0.337 e. The molecule has 1 fully saturated rings. The molecule has 2 amide bonds. The highest BCUT2D eigenvalue weighted by molar-refractivity contribution is 6.08. The number of nitrogens with one attached hydrogen (secondary N) is 2. The Kier molecular flexibility index (Phi) is 2.78. The molecule has 6 heteroatoms. The molecule has 0 radical (unpaired) electrons. The number of aromatic nitrogens is 1. The van der Waals surface area contributed by atoms with Crippen molar-refractivity contribution in [1.29, 1.82) is 0 Å². The van der Waals surface area contributed by atoms with Crippen LogP contribution in [-0.4, -0.2) is 29.9 Å². The summed E-state index contributed by atoms with van der Waals surface area (Å²) < 4.78 is 4.68. The first-order chi connectivity index (χ1) is 9.60. The summed E-state index contributed by atoms with van der Waals surface area (Å²) in [5.41, 5.74) is 1.93. The highest BCUT2D eigenvalue weighted by atomic mass is 16.5. The van der Waals surface area contributed by atoms with Crippen molar-refractivity contribution in [3.8, 4) is 0 Å². The van der Waals surface area contributed by atoms with E-state index in [2.05, 4.69) is 15.0 Å². The largest absolute Gasteiger partial charge is 0.465 e. The van der Waals surface area contributed by atoms with Gasteiger partial charge < -0.3 is 9.72 Å². The Morgan fingerprint density at radius 1 is 1.35 bits per heavy atom. The number of rotatable bonds is 2. The lowest BCUT2D eigenvalue weighted by Crippen LogP contribution is -2.21. The van der Waals surface area contributed by atoms with Gasteiger partial charge in [0.2, 0.25) is 11.8 Å². The van der Waals surface area contributed by atoms with Gasteiger partial charge in [-0.15, -0.1) is 0 Å². The third-order valence-corrected chi connectivity index (χ3v) is 3.48. The Hall–Kier alpha value is -2.63. The van der Waals surface area contributed by atoms with Crippen molar-refractivity contribution in [1.82, 2.24) is 10.3 Å². The topological polar surface area (TPSA) is 88.3 Å². The maximum atomic E-state index is 11.8. The fourth-order valence-corrected chi connectivity index (χ4v) is 2.48. The van der Waals surface area contributed by atoms with E-state index >= 15 is 0 Å². The van der Waals surface area contributed by atoms with Crippen LogP contribution in [0.5, 0.6) is 0 Å². The van der Waals surface area contributed by atoms with Gasteiger partial charge >= 0.3 is 5.97 Å². The second-order valence-corrected chi connectivity index (χ2v) is 4.67. The maximum absolute atomic E-state index is 11.8. The molecule has 102 valence electrons. The summed E-state index contributed by atoms with van der Waals surface area (Å²) in [6, 6.07) is 5.07. The number of hydrogen-bond acceptors (Lipinski definition) is 4. The molecule has 20 heavy (non-hydrogen) atoms. The lowest BCUT2D eigenvalue weighted by Gasteiger charge is -2.05. The van der Waals surface area contributed by atoms with Crippen LogP contribution in [0.2, 0.25) is 0 Å². The molecule has 0 saturated carbocycles. The summed E-state index contributed by atoms with van der Waals surface area (Å²) in [6.45, 7) is 0. The third kappa shape index (κ3) is 1.85. The Morgan fingerprint density at radius 3 is 2.80 bits per heavy atom. The molecule has 0 aliphatic carbocycles. The number of esters is 1. The third-order valence-electron chi connectivity index (χ3n) is 3.48. The van der Waals surface area contributed by atoms with E-state index < -0.39 is 11.9 Å². The second-order valence-electron chi connectivity index (χ2n) is 4.67. The molecule has 2 aromatic rings. The first-order valence-electron chi connectivity index (χ1n) is 6.13. The van der Waals surface area contributed by atoms with Gasteiger partial charge in [-0.2, -0.15) is 0 Å². The first-order valence-corrected chi connectivity index (χ1v) is 6.13. The van der Waals surface area contributed by atoms with E-state index in [0.29, 0.717) is 11.1 Å². The van der Waals surface area contributed by atoms with Gasteiger partial charge in [-0.05, 0) is 23.8 Å². The van der Waals surface area contributed by atoms with Gasteiger partial charge in [0.05, 0.1) is 18.6 Å². The minimum atomic E-state index is -0.510. The van der Waals surface area contributed by atoms with Crippen LogP contribution in [0.25, 0.3) is 10.9 Å². The first kappa shape index (κ1) is 12.4. The SMILES string of the molecule is COC(=O)c1ccc2[nH]cc(C3CC(=O)NC3=O)c2c1. The van der Waals surface area contributed by atoms with Crippen molar-refractivity contribution < 1.29 is 19.1 Å². The second kappa shape index (κ2) is 4.48. The number of hydrogen-bond donors (Lipinski definition) is 2. The van der Waals surface area contributed by atoms with Gasteiger partial charge in [0, 0.05) is 23.5 Å². The van der Waals surface area contributed by atoms with E-state index in [4.69, 9.17) is 0 Å². The summed E-state index contributed by atoms with van der Waals surface area (Å²) in [6.07, 6.45) is 1.84. The summed E-state index contributed by atoms with van der Waals surface area (Å²) in [4.78, 5) is 37.7. The van der Waals surface area contributed by atoms with E-state index in [1.54, 1.807) is 24.4 Å². The number of aromatic amines is 1. The van der Waals surface area contributed by atoms with Gasteiger partial charge in [-0.25, -0.2) is 4.79 Å². The number of carbonyl (C=O) groups excluding carboxylic acids is 3. The summed E-state index contributed by atoms with van der Waals surface area (Å²) >= 11 is 0. The Balaban J connectivity index is 2.10. The number of fused-ring (bicyclic) bond motifs is 1. The highest BCUT2D eigenvalue weighted by Gasteiger charge is 2.33. The normalized spacial score (nSPS) is 18.4. The van der Waals surface area contributed by atoms with Crippen LogP contribution in [-0.2, 0) is 14.3 Å². The zero-order chi connectivity index (χ0) is 14.3. The number of H-pyrrole nitrogens is 1. The predicted octanol–water partition coefficient (Wildman–Crippen LogP) is 1.08. The molecule has 1 aliphatic heterocycles. The van der Waals surface area contributed by atoms with E-state index in [-0.39, 0.29) is 18.2 Å². The zero-order valence-electron chi connectivity index (χ0n) is 10.7. The molecular formula is C14H12N2O4. The lowest BCUT2D eigenvalue weighted by atomic mass is 9.96. The standard InChI is InChI=1S/C14H12N2O4/c1-20-14(19)7-2-3-11-8(4-7)10(6-15-11)9-5-12(17)16-13(9)18/h2-4,6,9,15H,5H2,1H3,(H,16,17,18). The molecule has 6 nitrogen and oxygen atoms in total. The van der Waals surface area contributed by atoms with E-state index in [1.807, 2.05) is 0 Å². The van der Waals surface area contributed by atoms with Crippen molar-refractivity contribution in [2.24, 2.45) is 0 Å². The minimum Gasteiger partial charge on any atom is -0.465 e. The van der Waals surface area contributed by atoms with Crippen LogP contribution in [0.1, 0.15) is 28.3 Å². The van der Waals surface area contributed by atoms with E-state index in [1.165, 1.54) is 7.11 Å². The van der Waals surface area contributed by atoms with Crippen LogP contribution in [0, 0.1) is 0 Å². The molecule has 1 aromatic heterocycles. The molecule has 2 heterocycles. The Morgan fingerprint density at radius 2 is 2.15 bits per heavy atom. The number of methoxy groups -OCH3 is 1. The van der Waals surface area contributed by atoms with Gasteiger partial charge in [-0.3, -0.25) is 14.9 Å². The van der Waals surface area contributed by atoms with E-state index in [0.717, 1.165) is 10.9 Å². The number of benzene rings is 1. The average Bonchev–Trinajstić information content (AvgIpc) is 2.99. The molecule has 1 saturated heterocycles. The predicted molar refractivity (Wildman–Crippen MR) is 70.1 cm³/mol. The average molecular weight is 272 g/mol. The summed E-state index contributed by atoms with van der Waals surface area (Å²) in [7, 11) is 1.31. The van der Waals surface area contributed by atoms with Crippen LogP contribution in [0.3, 0.4) is 0 Å². The molecule has 1 aliphatic rings. The monoisotopic (exact) mass is 272 g/mol. The van der Waals surface area contributed by atoms with Gasteiger partial charge in [-0.1, -0.05) is 0 Å². The molecule has 0 bridgehead atoms.